The van der Waals surface area contributed by atoms with Crippen molar-refractivity contribution in [3.8, 4) is 0 Å². The summed E-state index contributed by atoms with van der Waals surface area (Å²) in [6.45, 7) is 4.35. The Balaban J connectivity index is 2.47. The summed E-state index contributed by atoms with van der Waals surface area (Å²) >= 11 is 8.08. The van der Waals surface area contributed by atoms with Crippen LogP contribution in [-0.4, -0.2) is 17.4 Å². The predicted molar refractivity (Wildman–Crippen MR) is 76.9 cm³/mol. The Morgan fingerprint density at radius 2 is 2.19 bits per heavy atom. The molecule has 0 aliphatic heterocycles. The van der Waals surface area contributed by atoms with Crippen LogP contribution in [0, 0.1) is 6.92 Å². The maximum absolute atomic E-state index is 6.06. The monoisotopic (exact) mass is 256 g/mol. The molecule has 0 spiro atoms. The quantitative estimate of drug-likeness (QED) is 0.496. The first-order valence-electron chi connectivity index (χ1n) is 5.98. The molecule has 16 heavy (non-hydrogen) atoms. The minimum atomic E-state index is 0.527. The minimum Gasteiger partial charge on any atom is -0.162 e. The molecule has 0 nitrogen and oxygen atoms in total. The molecular formula is C14H21ClS. The van der Waals surface area contributed by atoms with Crippen LogP contribution in [0.1, 0.15) is 36.8 Å². The van der Waals surface area contributed by atoms with E-state index in [0.29, 0.717) is 5.92 Å². The summed E-state index contributed by atoms with van der Waals surface area (Å²) in [5, 5.41) is 0. The van der Waals surface area contributed by atoms with Crippen LogP contribution in [0.25, 0.3) is 0 Å². The van der Waals surface area contributed by atoms with Gasteiger partial charge in [-0.15, -0.1) is 11.6 Å². The number of alkyl halides is 1. The van der Waals surface area contributed by atoms with Crippen molar-refractivity contribution >= 4 is 23.4 Å². The maximum atomic E-state index is 6.06. The molecule has 0 saturated carbocycles. The molecule has 0 aromatic heterocycles. The Bertz CT molecular complexity index is 299. The topological polar surface area (TPSA) is 0 Å². The highest BCUT2D eigenvalue weighted by Gasteiger charge is 2.09. The van der Waals surface area contributed by atoms with Gasteiger partial charge in [0.15, 0.2) is 0 Å². The number of halogens is 1. The Kier molecular flexibility index (Phi) is 6.98. The summed E-state index contributed by atoms with van der Waals surface area (Å²) < 4.78 is 0. The van der Waals surface area contributed by atoms with Gasteiger partial charge in [-0.05, 0) is 42.8 Å². The van der Waals surface area contributed by atoms with Gasteiger partial charge in [-0.25, -0.2) is 0 Å². The van der Waals surface area contributed by atoms with Gasteiger partial charge in [-0.3, -0.25) is 0 Å². The summed E-state index contributed by atoms with van der Waals surface area (Å²) in [6, 6.07) is 8.74. The molecule has 90 valence electrons. The number of aryl methyl sites for hydroxylation is 1. The summed E-state index contributed by atoms with van der Waals surface area (Å²) in [6.07, 6.45) is 2.48. The van der Waals surface area contributed by atoms with Crippen molar-refractivity contribution in [3.63, 3.8) is 0 Å². The van der Waals surface area contributed by atoms with E-state index in [1.54, 1.807) is 0 Å². The lowest BCUT2D eigenvalue weighted by Gasteiger charge is -2.14. The van der Waals surface area contributed by atoms with Gasteiger partial charge >= 0.3 is 0 Å². The van der Waals surface area contributed by atoms with Gasteiger partial charge in [0, 0.05) is 5.88 Å². The second-order valence-electron chi connectivity index (χ2n) is 4.10. The smallest absolute Gasteiger partial charge is 0.0292 e. The van der Waals surface area contributed by atoms with E-state index in [1.807, 2.05) is 11.8 Å². The number of thioether (sulfide) groups is 1. The van der Waals surface area contributed by atoms with Crippen molar-refractivity contribution in [1.82, 2.24) is 0 Å². The molecular weight excluding hydrogens is 236 g/mol. The van der Waals surface area contributed by atoms with Crippen molar-refractivity contribution in [2.75, 3.05) is 17.4 Å². The van der Waals surface area contributed by atoms with E-state index in [1.165, 1.54) is 35.5 Å². The van der Waals surface area contributed by atoms with Crippen molar-refractivity contribution in [3.05, 3.63) is 35.4 Å². The number of benzene rings is 1. The number of hydrogen-bond acceptors (Lipinski definition) is 1. The highest BCUT2D eigenvalue weighted by molar-refractivity contribution is 7.99. The van der Waals surface area contributed by atoms with Crippen LogP contribution in [-0.2, 0) is 0 Å². The first-order valence-corrected chi connectivity index (χ1v) is 7.67. The van der Waals surface area contributed by atoms with E-state index >= 15 is 0 Å². The molecule has 1 unspecified atom stereocenters. The van der Waals surface area contributed by atoms with Gasteiger partial charge in [-0.2, -0.15) is 11.8 Å². The summed E-state index contributed by atoms with van der Waals surface area (Å²) in [4.78, 5) is 0. The van der Waals surface area contributed by atoms with Gasteiger partial charge in [-0.1, -0.05) is 36.8 Å². The molecule has 0 aliphatic rings. The molecule has 0 aliphatic carbocycles. The lowest BCUT2D eigenvalue weighted by Crippen LogP contribution is -2.01. The molecule has 0 saturated heterocycles. The molecule has 0 radical (unpaired) electrons. The molecule has 2 heteroatoms. The van der Waals surface area contributed by atoms with Gasteiger partial charge in [0.05, 0.1) is 0 Å². The van der Waals surface area contributed by atoms with E-state index in [0.717, 1.165) is 5.88 Å². The second kappa shape index (κ2) is 8.03. The van der Waals surface area contributed by atoms with E-state index in [4.69, 9.17) is 11.6 Å². The van der Waals surface area contributed by atoms with Crippen LogP contribution in [0.15, 0.2) is 24.3 Å². The molecule has 1 aromatic rings. The third-order valence-corrected chi connectivity index (χ3v) is 4.10. The standard InChI is InChI=1S/C14H21ClS/c1-3-16-9-5-8-14(11-15)13-7-4-6-12(2)10-13/h4,6-7,10,14H,3,5,8-9,11H2,1-2H3. The van der Waals surface area contributed by atoms with Gasteiger partial charge < -0.3 is 0 Å². The normalized spacial score (nSPS) is 12.7. The zero-order chi connectivity index (χ0) is 11.8. The van der Waals surface area contributed by atoms with E-state index < -0.39 is 0 Å². The van der Waals surface area contributed by atoms with E-state index in [-0.39, 0.29) is 0 Å². The molecule has 0 heterocycles. The Morgan fingerprint density at radius 1 is 1.38 bits per heavy atom. The van der Waals surface area contributed by atoms with Crippen LogP contribution < -0.4 is 0 Å². The molecule has 1 aromatic carbocycles. The van der Waals surface area contributed by atoms with Crippen molar-refractivity contribution in [1.29, 1.82) is 0 Å². The van der Waals surface area contributed by atoms with Gasteiger partial charge in [0.1, 0.15) is 0 Å². The van der Waals surface area contributed by atoms with Gasteiger partial charge in [0.2, 0.25) is 0 Å². The number of rotatable bonds is 7. The van der Waals surface area contributed by atoms with Gasteiger partial charge in [0.25, 0.3) is 0 Å². The molecule has 0 fully saturated rings. The molecule has 1 atom stereocenters. The minimum absolute atomic E-state index is 0.527. The molecule has 0 bridgehead atoms. The fourth-order valence-corrected chi connectivity index (χ4v) is 2.83. The summed E-state index contributed by atoms with van der Waals surface area (Å²) in [5.41, 5.74) is 2.73. The van der Waals surface area contributed by atoms with Crippen LogP contribution in [0.3, 0.4) is 0 Å². The van der Waals surface area contributed by atoms with Crippen LogP contribution in [0.4, 0.5) is 0 Å². The first kappa shape index (κ1) is 13.9. The second-order valence-corrected chi connectivity index (χ2v) is 5.81. The fraction of sp³-hybridized carbons (Fsp3) is 0.571. The van der Waals surface area contributed by atoms with Crippen LogP contribution >= 0.6 is 23.4 Å². The average Bonchev–Trinajstić information content (AvgIpc) is 2.29. The van der Waals surface area contributed by atoms with E-state index in [9.17, 15) is 0 Å². The lowest BCUT2D eigenvalue weighted by molar-refractivity contribution is 0.674. The Labute approximate surface area is 109 Å². The molecule has 0 amide bonds. The molecule has 1 rings (SSSR count). The zero-order valence-corrected chi connectivity index (χ0v) is 11.8. The van der Waals surface area contributed by atoms with Crippen molar-refractivity contribution in [2.45, 2.75) is 32.6 Å². The molecule has 0 N–H and O–H groups in total. The largest absolute Gasteiger partial charge is 0.162 e. The Hall–Kier alpha value is -0.140. The fourth-order valence-electron chi connectivity index (χ4n) is 1.83. The highest BCUT2D eigenvalue weighted by Crippen LogP contribution is 2.24. The van der Waals surface area contributed by atoms with E-state index in [2.05, 4.69) is 38.1 Å². The third-order valence-electron chi connectivity index (χ3n) is 2.75. The number of hydrogen-bond donors (Lipinski definition) is 0. The van der Waals surface area contributed by atoms with Crippen LogP contribution in [0.2, 0.25) is 0 Å². The predicted octanol–water partition coefficient (Wildman–Crippen LogP) is 4.85. The zero-order valence-electron chi connectivity index (χ0n) is 10.2. The lowest BCUT2D eigenvalue weighted by atomic mass is 9.95. The van der Waals surface area contributed by atoms with Crippen molar-refractivity contribution in [2.24, 2.45) is 0 Å². The summed E-state index contributed by atoms with van der Waals surface area (Å²) in [7, 11) is 0. The third kappa shape index (κ3) is 4.80. The SMILES string of the molecule is CCSCCCC(CCl)c1cccc(C)c1. The van der Waals surface area contributed by atoms with Crippen LogP contribution in [0.5, 0.6) is 0 Å². The average molecular weight is 257 g/mol. The van der Waals surface area contributed by atoms with Crippen molar-refractivity contribution < 1.29 is 0 Å². The maximum Gasteiger partial charge on any atom is 0.0292 e. The first-order chi connectivity index (χ1) is 7.77. The highest BCUT2D eigenvalue weighted by atomic mass is 35.5. The summed E-state index contributed by atoms with van der Waals surface area (Å²) in [5.74, 6) is 3.74. The Morgan fingerprint density at radius 3 is 2.81 bits per heavy atom.